The first-order chi connectivity index (χ1) is 7.38. The first kappa shape index (κ1) is 17.1. The van der Waals surface area contributed by atoms with Crippen molar-refractivity contribution in [2.45, 2.75) is 12.2 Å². The van der Waals surface area contributed by atoms with Gasteiger partial charge >= 0.3 is 12.1 Å². The van der Waals surface area contributed by atoms with E-state index in [4.69, 9.17) is 30.6 Å². The van der Waals surface area contributed by atoms with E-state index in [9.17, 15) is 9.59 Å². The number of carboxylic acid groups (broad SMARTS) is 1. The number of aliphatic hydroxyl groups excluding tert-OH is 5. The zero-order valence-corrected chi connectivity index (χ0v) is 8.18. The molecule has 0 amide bonds. The number of rotatable bonds is 4. The Morgan fingerprint density at radius 2 is 1.44 bits per heavy atom. The second-order valence-electron chi connectivity index (χ2n) is 2.40. The molecule has 0 saturated heterocycles. The van der Waals surface area contributed by atoms with Gasteiger partial charge < -0.3 is 35.4 Å². The van der Waals surface area contributed by atoms with Crippen LogP contribution in [0.5, 0.6) is 0 Å². The highest BCUT2D eigenvalue weighted by Crippen LogP contribution is 1.86. The summed E-state index contributed by atoms with van der Waals surface area (Å²) in [5.41, 5.74) is 0. The number of carbonyl (C=O) groups is 2. The van der Waals surface area contributed by atoms with Crippen molar-refractivity contribution >= 4 is 12.1 Å². The highest BCUT2D eigenvalue weighted by atomic mass is 16.7. The summed E-state index contributed by atoms with van der Waals surface area (Å²) in [4.78, 5) is 19.8. The summed E-state index contributed by atoms with van der Waals surface area (Å²) >= 11 is 0. The largest absolute Gasteiger partial charge is 0.513 e. The Hall–Kier alpha value is -1.26. The second-order valence-corrected chi connectivity index (χ2v) is 2.40. The van der Waals surface area contributed by atoms with E-state index in [0.29, 0.717) is 0 Å². The van der Waals surface area contributed by atoms with Gasteiger partial charge in [-0.05, 0) is 0 Å². The van der Waals surface area contributed by atoms with Gasteiger partial charge in [0.25, 0.3) is 0 Å². The lowest BCUT2D eigenvalue weighted by Crippen LogP contribution is -2.28. The first-order valence-electron chi connectivity index (χ1n) is 4.02. The van der Waals surface area contributed by atoms with E-state index in [2.05, 4.69) is 4.74 Å². The molecule has 0 fully saturated rings. The van der Waals surface area contributed by atoms with E-state index < -0.39 is 30.9 Å². The molecule has 96 valence electrons. The molecule has 0 bridgehead atoms. The highest BCUT2D eigenvalue weighted by Gasteiger charge is 2.17. The fourth-order valence-electron chi connectivity index (χ4n) is 0.286. The van der Waals surface area contributed by atoms with E-state index in [0.717, 1.165) is 0 Å². The molecule has 1 atom stereocenters. The van der Waals surface area contributed by atoms with Crippen LogP contribution in [0.4, 0.5) is 4.79 Å². The lowest BCUT2D eigenvalue weighted by Gasteiger charge is -2.01. The minimum atomic E-state index is -1.81. The van der Waals surface area contributed by atoms with Crippen molar-refractivity contribution in [2.24, 2.45) is 0 Å². The summed E-state index contributed by atoms with van der Waals surface area (Å²) in [5.74, 6) is -1.38. The summed E-state index contributed by atoms with van der Waals surface area (Å²) < 4.78 is 3.47. The van der Waals surface area contributed by atoms with Gasteiger partial charge in [0.15, 0.2) is 6.10 Å². The molecule has 0 saturated carbocycles. The minimum absolute atomic E-state index is 0.365. The van der Waals surface area contributed by atoms with Crippen molar-refractivity contribution in [3.8, 4) is 0 Å². The van der Waals surface area contributed by atoms with Gasteiger partial charge in [-0.1, -0.05) is 0 Å². The number of hydrogen-bond donors (Lipinski definition) is 6. The van der Waals surface area contributed by atoms with Crippen LogP contribution >= 0.6 is 0 Å². The lowest BCUT2D eigenvalue weighted by molar-refractivity contribution is -0.150. The van der Waals surface area contributed by atoms with Crippen molar-refractivity contribution in [1.82, 2.24) is 0 Å². The number of ether oxygens (including phenoxy) is 1. The van der Waals surface area contributed by atoms with Gasteiger partial charge in [-0.3, -0.25) is 0 Å². The predicted molar refractivity (Wildman–Crippen MR) is 47.4 cm³/mol. The van der Waals surface area contributed by atoms with E-state index in [1.165, 1.54) is 0 Å². The van der Waals surface area contributed by atoms with E-state index in [1.54, 1.807) is 0 Å². The van der Waals surface area contributed by atoms with E-state index >= 15 is 0 Å². The summed E-state index contributed by atoms with van der Waals surface area (Å²) in [6, 6.07) is 0. The zero-order chi connectivity index (χ0) is 13.1. The number of hydrogen-bond acceptors (Lipinski definition) is 8. The quantitative estimate of drug-likeness (QED) is 0.221. The maximum atomic E-state index is 10.2. The van der Waals surface area contributed by atoms with Crippen molar-refractivity contribution in [1.29, 1.82) is 0 Å². The zero-order valence-electron chi connectivity index (χ0n) is 8.18. The monoisotopic (exact) mass is 242 g/mol. The van der Waals surface area contributed by atoms with Gasteiger partial charge in [0.05, 0.1) is 19.8 Å². The van der Waals surface area contributed by atoms with Crippen LogP contribution in [0.1, 0.15) is 0 Å². The summed E-state index contributed by atoms with van der Waals surface area (Å²) in [7, 11) is 0. The number of aliphatic hydroxyl groups is 5. The summed E-state index contributed by atoms with van der Waals surface area (Å²) in [6.45, 7) is -1.58. The summed E-state index contributed by atoms with van der Waals surface area (Å²) in [6.07, 6.45) is -4.54. The maximum Gasteiger partial charge on any atom is 0.513 e. The predicted octanol–water partition coefficient (Wildman–Crippen LogP) is -3.11. The molecule has 0 heterocycles. The Labute approximate surface area is 90.1 Å². The van der Waals surface area contributed by atoms with Crippen molar-refractivity contribution in [2.75, 3.05) is 19.8 Å². The normalized spacial score (nSPS) is 11.4. The molecule has 0 spiro atoms. The maximum absolute atomic E-state index is 10.2. The molecule has 6 N–H and O–H groups in total. The Balaban J connectivity index is 0. The fraction of sp³-hybridized carbons (Fsp3) is 0.714. The van der Waals surface area contributed by atoms with E-state index in [1.807, 2.05) is 0 Å². The van der Waals surface area contributed by atoms with Crippen LogP contribution in [0, 0.1) is 0 Å². The van der Waals surface area contributed by atoms with Gasteiger partial charge in [0.1, 0.15) is 6.10 Å². The smallest absolute Gasteiger partial charge is 0.449 e. The molecule has 0 aromatic heterocycles. The first-order valence-corrected chi connectivity index (χ1v) is 4.02. The van der Waals surface area contributed by atoms with Crippen LogP contribution in [-0.2, 0) is 9.53 Å². The fourth-order valence-corrected chi connectivity index (χ4v) is 0.286. The lowest BCUT2D eigenvalue weighted by atomic mass is 10.4. The second kappa shape index (κ2) is 10.3. The Morgan fingerprint density at radius 3 is 1.62 bits per heavy atom. The minimum Gasteiger partial charge on any atom is -0.449 e. The third kappa shape index (κ3) is 10.8. The molecule has 0 aromatic rings. The number of esters is 1. The Morgan fingerprint density at radius 1 is 1.00 bits per heavy atom. The van der Waals surface area contributed by atoms with Crippen LogP contribution < -0.4 is 0 Å². The number of carbonyl (C=O) groups excluding carboxylic acids is 1. The van der Waals surface area contributed by atoms with Crippen LogP contribution in [0.2, 0.25) is 0 Å². The summed E-state index contributed by atoms with van der Waals surface area (Å²) in [5, 5.41) is 48.3. The average molecular weight is 242 g/mol. The molecular weight excluding hydrogens is 228 g/mol. The molecule has 9 nitrogen and oxygen atoms in total. The van der Waals surface area contributed by atoms with Crippen LogP contribution in [0.15, 0.2) is 0 Å². The molecule has 1 unspecified atom stereocenters. The van der Waals surface area contributed by atoms with Crippen molar-refractivity contribution in [3.05, 3.63) is 0 Å². The Kier molecular flexibility index (Phi) is 11.0. The highest BCUT2D eigenvalue weighted by molar-refractivity contribution is 5.83. The third-order valence-corrected chi connectivity index (χ3v) is 1.05. The Bertz CT molecular complexity index is 200. The molecule has 0 radical (unpaired) electrons. The van der Waals surface area contributed by atoms with E-state index in [-0.39, 0.29) is 13.2 Å². The SMILES string of the molecule is O=C(O)OC(=O)C(O)CO.OCC(O)CO. The molecule has 0 aliphatic carbocycles. The molecule has 9 heteroatoms. The van der Waals surface area contributed by atoms with Crippen LogP contribution in [0.3, 0.4) is 0 Å². The van der Waals surface area contributed by atoms with Gasteiger partial charge in [-0.2, -0.15) is 0 Å². The van der Waals surface area contributed by atoms with Gasteiger partial charge in [-0.15, -0.1) is 0 Å². The topological polar surface area (TPSA) is 165 Å². The van der Waals surface area contributed by atoms with Crippen molar-refractivity contribution in [3.63, 3.8) is 0 Å². The molecule has 0 aliphatic rings. The molecular formula is C7H14O9. The molecule has 0 aliphatic heterocycles. The molecule has 0 aromatic carbocycles. The van der Waals surface area contributed by atoms with Crippen molar-refractivity contribution < 1.29 is 45.0 Å². The standard InChI is InChI=1S/C4H6O6.C3H8O3/c5-1-2(6)3(7)10-4(8)9;4-1-3(6)2-5/h2,5-6H,1H2,(H,8,9);3-6H,1-2H2. The van der Waals surface area contributed by atoms with Gasteiger partial charge in [0.2, 0.25) is 0 Å². The average Bonchev–Trinajstić information content (AvgIpc) is 2.26. The van der Waals surface area contributed by atoms with Crippen LogP contribution in [0.25, 0.3) is 0 Å². The third-order valence-electron chi connectivity index (χ3n) is 1.05. The van der Waals surface area contributed by atoms with Gasteiger partial charge in [0, 0.05) is 0 Å². The molecule has 16 heavy (non-hydrogen) atoms. The molecule has 0 rings (SSSR count). The van der Waals surface area contributed by atoms with Crippen LogP contribution in [-0.4, -0.2) is 74.8 Å². The van der Waals surface area contributed by atoms with Gasteiger partial charge in [-0.25, -0.2) is 9.59 Å².